The molecule has 9 heteroatoms. The molecule has 0 amide bonds. The summed E-state index contributed by atoms with van der Waals surface area (Å²) >= 11 is 0. The fourth-order valence-corrected chi connectivity index (χ4v) is 2.94. The van der Waals surface area contributed by atoms with E-state index in [-0.39, 0.29) is 22.5 Å². The highest BCUT2D eigenvalue weighted by molar-refractivity contribution is 5.72. The summed E-state index contributed by atoms with van der Waals surface area (Å²) in [7, 11) is 0. The van der Waals surface area contributed by atoms with Crippen LogP contribution < -0.4 is 4.68 Å². The van der Waals surface area contributed by atoms with Gasteiger partial charge in [-0.2, -0.15) is 10.2 Å². The van der Waals surface area contributed by atoms with E-state index in [4.69, 9.17) is 0 Å². The molecule has 2 aromatic heterocycles. The summed E-state index contributed by atoms with van der Waals surface area (Å²) in [5, 5.41) is 23.6. The van der Waals surface area contributed by atoms with Crippen molar-refractivity contribution in [2.75, 3.05) is 0 Å². The molecule has 0 saturated heterocycles. The number of benzene rings is 2. The Balaban J connectivity index is 1.89. The molecule has 0 spiro atoms. The first-order valence-corrected chi connectivity index (χ1v) is 8.64. The molecule has 0 aliphatic rings. The standard InChI is InChI=1S/C20H15F2N6O/c1-20(2,29)17-10-25-28-19(26-17)24-11-27(28)13-6-7-15(21)14(8-13)18-12(9-23)4-3-5-16(18)22/h3-8,10-11,29H,1-2H3/q+1. The molecule has 0 aliphatic heterocycles. The second-order valence-electron chi connectivity index (χ2n) is 6.92. The van der Waals surface area contributed by atoms with Gasteiger partial charge in [0.05, 0.1) is 11.6 Å². The fraction of sp³-hybridized carbons (Fsp3) is 0.150. The molecule has 0 saturated carbocycles. The molecule has 2 heterocycles. The molecule has 2 aromatic carbocycles. The topological polar surface area (TPSA) is 91.0 Å². The number of rotatable bonds is 3. The zero-order valence-electron chi connectivity index (χ0n) is 15.5. The molecule has 0 bridgehead atoms. The maximum absolute atomic E-state index is 14.5. The van der Waals surface area contributed by atoms with Gasteiger partial charge in [0, 0.05) is 11.1 Å². The van der Waals surface area contributed by atoms with Gasteiger partial charge in [-0.25, -0.2) is 8.78 Å². The van der Waals surface area contributed by atoms with Crippen LogP contribution in [0.4, 0.5) is 8.78 Å². The van der Waals surface area contributed by atoms with Crippen molar-refractivity contribution < 1.29 is 18.6 Å². The quantitative estimate of drug-likeness (QED) is 0.540. The van der Waals surface area contributed by atoms with Crippen molar-refractivity contribution in [2.24, 2.45) is 0 Å². The summed E-state index contributed by atoms with van der Waals surface area (Å²) in [5.74, 6) is -1.14. The lowest BCUT2D eigenvalue weighted by Gasteiger charge is -2.13. The monoisotopic (exact) mass is 393 g/mol. The van der Waals surface area contributed by atoms with Crippen LogP contribution in [0.2, 0.25) is 0 Å². The Hall–Kier alpha value is -3.77. The number of nitriles is 1. The zero-order chi connectivity index (χ0) is 20.8. The smallest absolute Gasteiger partial charge is 0.370 e. The first-order chi connectivity index (χ1) is 13.8. The van der Waals surface area contributed by atoms with E-state index < -0.39 is 17.2 Å². The van der Waals surface area contributed by atoms with Crippen LogP contribution in [0, 0.1) is 23.0 Å². The van der Waals surface area contributed by atoms with Gasteiger partial charge in [-0.1, -0.05) is 11.1 Å². The van der Waals surface area contributed by atoms with Crippen molar-refractivity contribution in [3.05, 3.63) is 71.8 Å². The zero-order valence-corrected chi connectivity index (χ0v) is 15.5. The summed E-state index contributed by atoms with van der Waals surface area (Å²) in [6.07, 6.45) is 2.83. The third kappa shape index (κ3) is 3.19. The molecule has 0 fully saturated rings. The van der Waals surface area contributed by atoms with E-state index in [1.54, 1.807) is 13.8 Å². The van der Waals surface area contributed by atoms with E-state index in [0.29, 0.717) is 11.4 Å². The van der Waals surface area contributed by atoms with Gasteiger partial charge in [0.1, 0.15) is 28.6 Å². The summed E-state index contributed by atoms with van der Waals surface area (Å²) in [5.41, 5.74) is -0.551. The second kappa shape index (κ2) is 6.68. The molecule has 144 valence electrons. The Bertz CT molecular complexity index is 1290. The number of fused-ring (bicyclic) bond motifs is 1. The Morgan fingerprint density at radius 2 is 1.97 bits per heavy atom. The third-order valence-corrected chi connectivity index (χ3v) is 4.42. The Morgan fingerprint density at radius 3 is 2.69 bits per heavy atom. The summed E-state index contributed by atoms with van der Waals surface area (Å²) < 4.78 is 31.8. The van der Waals surface area contributed by atoms with Crippen LogP contribution in [0.1, 0.15) is 25.1 Å². The highest BCUT2D eigenvalue weighted by Gasteiger charge is 2.24. The van der Waals surface area contributed by atoms with Gasteiger partial charge in [0.15, 0.2) is 6.20 Å². The molecule has 29 heavy (non-hydrogen) atoms. The number of halogens is 2. The van der Waals surface area contributed by atoms with Crippen LogP contribution in [0.5, 0.6) is 0 Å². The molecular weight excluding hydrogens is 378 g/mol. The lowest BCUT2D eigenvalue weighted by Crippen LogP contribution is -2.38. The molecule has 4 rings (SSSR count). The van der Waals surface area contributed by atoms with E-state index in [1.807, 2.05) is 6.07 Å². The number of hydrogen-bond acceptors (Lipinski definition) is 5. The summed E-state index contributed by atoms with van der Waals surface area (Å²) in [6, 6.07) is 9.96. The van der Waals surface area contributed by atoms with Crippen molar-refractivity contribution in [1.29, 1.82) is 5.26 Å². The first-order valence-electron chi connectivity index (χ1n) is 8.64. The van der Waals surface area contributed by atoms with Crippen LogP contribution in [0.25, 0.3) is 22.6 Å². The molecule has 0 radical (unpaired) electrons. The number of aliphatic hydroxyl groups is 1. The van der Waals surface area contributed by atoms with Gasteiger partial charge in [0.2, 0.25) is 0 Å². The van der Waals surface area contributed by atoms with Gasteiger partial charge in [-0.15, -0.1) is 4.68 Å². The number of aromatic nitrogens is 5. The van der Waals surface area contributed by atoms with Crippen molar-refractivity contribution in [2.45, 2.75) is 19.4 Å². The minimum absolute atomic E-state index is 0.0267. The van der Waals surface area contributed by atoms with E-state index >= 15 is 0 Å². The summed E-state index contributed by atoms with van der Waals surface area (Å²) in [6.45, 7) is 3.16. The van der Waals surface area contributed by atoms with Gasteiger partial charge in [-0.3, -0.25) is 0 Å². The summed E-state index contributed by atoms with van der Waals surface area (Å²) in [4.78, 5) is 8.44. The van der Waals surface area contributed by atoms with Crippen molar-refractivity contribution in [1.82, 2.24) is 19.7 Å². The third-order valence-electron chi connectivity index (χ3n) is 4.42. The second-order valence-corrected chi connectivity index (χ2v) is 6.92. The van der Waals surface area contributed by atoms with E-state index in [9.17, 15) is 19.1 Å². The maximum Gasteiger partial charge on any atom is 0.370 e. The van der Waals surface area contributed by atoms with Gasteiger partial charge in [0.25, 0.3) is 6.33 Å². The average Bonchev–Trinajstić information content (AvgIpc) is 3.11. The maximum atomic E-state index is 14.5. The highest BCUT2D eigenvalue weighted by Crippen LogP contribution is 2.30. The predicted molar refractivity (Wildman–Crippen MR) is 97.6 cm³/mol. The molecular formula is C20H15F2N6O+. The van der Waals surface area contributed by atoms with Crippen molar-refractivity contribution in [3.63, 3.8) is 0 Å². The van der Waals surface area contributed by atoms with Gasteiger partial charge < -0.3 is 5.11 Å². The van der Waals surface area contributed by atoms with Crippen LogP contribution in [0.15, 0.2) is 48.9 Å². The minimum Gasteiger partial charge on any atom is -0.384 e. The first kappa shape index (κ1) is 18.6. The molecule has 0 unspecified atom stereocenters. The fourth-order valence-electron chi connectivity index (χ4n) is 2.94. The lowest BCUT2D eigenvalue weighted by atomic mass is 9.98. The number of hydrogen-bond donors (Lipinski definition) is 1. The molecule has 4 aromatic rings. The molecule has 0 atom stereocenters. The van der Waals surface area contributed by atoms with Crippen LogP contribution >= 0.6 is 0 Å². The Kier molecular flexibility index (Phi) is 4.28. The molecule has 1 N–H and O–H groups in total. The van der Waals surface area contributed by atoms with Gasteiger partial charge >= 0.3 is 5.78 Å². The normalized spacial score (nSPS) is 11.6. The highest BCUT2D eigenvalue weighted by atomic mass is 19.1. The van der Waals surface area contributed by atoms with E-state index in [1.165, 1.54) is 58.2 Å². The van der Waals surface area contributed by atoms with Crippen molar-refractivity contribution in [3.8, 4) is 22.9 Å². The SMILES string of the molecule is CC(C)(O)c1cnn2c(nc[n+]2-c2ccc(F)c(-c3c(F)cccc3C#N)c2)n1. The van der Waals surface area contributed by atoms with Crippen LogP contribution in [-0.4, -0.2) is 24.8 Å². The average molecular weight is 393 g/mol. The largest absolute Gasteiger partial charge is 0.384 e. The van der Waals surface area contributed by atoms with Crippen LogP contribution in [0.3, 0.4) is 0 Å². The lowest BCUT2D eigenvalue weighted by molar-refractivity contribution is -0.675. The van der Waals surface area contributed by atoms with Gasteiger partial charge in [-0.05, 0) is 53.9 Å². The minimum atomic E-state index is -1.19. The molecule has 0 aliphatic carbocycles. The van der Waals surface area contributed by atoms with Crippen LogP contribution in [-0.2, 0) is 5.60 Å². The molecule has 7 nitrogen and oxygen atoms in total. The van der Waals surface area contributed by atoms with Crippen molar-refractivity contribution >= 4 is 5.78 Å². The Labute approximate surface area is 164 Å². The van der Waals surface area contributed by atoms with E-state index in [2.05, 4.69) is 15.1 Å². The Morgan fingerprint density at radius 1 is 1.17 bits per heavy atom. The number of nitrogens with zero attached hydrogens (tertiary/aromatic N) is 6. The van der Waals surface area contributed by atoms with E-state index in [0.717, 1.165) is 0 Å². The predicted octanol–water partition coefficient (Wildman–Crippen LogP) is 2.45.